The molecule has 6 aromatic rings. The molecule has 1 aliphatic heterocycles. The Kier molecular flexibility index (Phi) is 7.59. The van der Waals surface area contributed by atoms with Gasteiger partial charge in [0.25, 0.3) is 17.4 Å². The van der Waals surface area contributed by atoms with E-state index in [4.69, 9.17) is 14.9 Å². The molecule has 230 valence electrons. The van der Waals surface area contributed by atoms with Crippen molar-refractivity contribution in [2.24, 2.45) is 5.73 Å². The number of anilines is 1. The predicted octanol–water partition coefficient (Wildman–Crippen LogP) is 3.74. The van der Waals surface area contributed by atoms with Crippen LogP contribution in [0.25, 0.3) is 33.1 Å². The van der Waals surface area contributed by atoms with Crippen LogP contribution in [0, 0.1) is 0 Å². The molecule has 5 heterocycles. The van der Waals surface area contributed by atoms with Gasteiger partial charge in [-0.05, 0) is 54.6 Å². The molecule has 7 rings (SSSR count). The van der Waals surface area contributed by atoms with Crippen molar-refractivity contribution < 1.29 is 18.7 Å². The number of nitrogens with two attached hydrogens (primary N) is 1. The molecule has 0 unspecified atom stereocenters. The molecule has 1 saturated heterocycles. The Hall–Kier alpha value is -6.04. The fraction of sp³-hybridized carbons (Fsp3) is 0.176. The minimum Gasteiger partial charge on any atom is -0.491 e. The minimum absolute atomic E-state index is 0.182. The standard InChI is InChI=1S/C34H29N7O5/c35-33(43)26-3-1-2-23-20-30(46-32(23)26)34(44)40-16-14-39(15-17-40)24-4-5-25-28(21-24)37-13-10-29(25)45-19-18-41-31(42)7-6-27(38-41)22-8-11-36-12-9-22/h1-13,20-21H,14-19H2,(H2,35,43). The number of amides is 2. The number of nitrogens with zero attached hydrogens (tertiary/aromatic N) is 6. The van der Waals surface area contributed by atoms with Crippen LogP contribution in [0.1, 0.15) is 20.9 Å². The molecule has 0 spiro atoms. The smallest absolute Gasteiger partial charge is 0.289 e. The summed E-state index contributed by atoms with van der Waals surface area (Å²) < 4.78 is 13.3. The molecule has 1 aliphatic rings. The van der Waals surface area contributed by atoms with Crippen LogP contribution in [0.4, 0.5) is 5.69 Å². The number of aromatic nitrogens is 4. The summed E-state index contributed by atoms with van der Waals surface area (Å²) in [5, 5.41) is 6.00. The highest BCUT2D eigenvalue weighted by atomic mass is 16.5. The molecular formula is C34H29N7O5. The van der Waals surface area contributed by atoms with Crippen molar-refractivity contribution in [2.45, 2.75) is 6.54 Å². The molecule has 0 aliphatic carbocycles. The van der Waals surface area contributed by atoms with Crippen LogP contribution in [-0.4, -0.2) is 69.2 Å². The highest BCUT2D eigenvalue weighted by molar-refractivity contribution is 6.06. The van der Waals surface area contributed by atoms with E-state index >= 15 is 0 Å². The summed E-state index contributed by atoms with van der Waals surface area (Å²) in [5.74, 6) is 0.0143. The van der Waals surface area contributed by atoms with E-state index in [2.05, 4.69) is 20.0 Å². The summed E-state index contributed by atoms with van der Waals surface area (Å²) in [5.41, 5.74) is 9.15. The Labute approximate surface area is 262 Å². The van der Waals surface area contributed by atoms with Crippen molar-refractivity contribution in [1.82, 2.24) is 24.6 Å². The van der Waals surface area contributed by atoms with Crippen LogP contribution in [0.5, 0.6) is 5.75 Å². The summed E-state index contributed by atoms with van der Waals surface area (Å²) in [6.45, 7) is 2.79. The summed E-state index contributed by atoms with van der Waals surface area (Å²) in [4.78, 5) is 50.0. The third kappa shape index (κ3) is 5.63. The van der Waals surface area contributed by atoms with Crippen molar-refractivity contribution in [3.05, 3.63) is 113 Å². The van der Waals surface area contributed by atoms with Gasteiger partial charge in [0.15, 0.2) is 5.76 Å². The Morgan fingerprint density at radius 2 is 1.74 bits per heavy atom. The number of benzene rings is 2. The number of hydrogen-bond donors (Lipinski definition) is 1. The highest BCUT2D eigenvalue weighted by Crippen LogP contribution is 2.29. The molecule has 12 heteroatoms. The molecular weight excluding hydrogens is 586 g/mol. The van der Waals surface area contributed by atoms with E-state index in [1.807, 2.05) is 30.3 Å². The van der Waals surface area contributed by atoms with E-state index in [0.717, 1.165) is 22.2 Å². The number of furan rings is 1. The second-order valence-electron chi connectivity index (χ2n) is 10.9. The average molecular weight is 616 g/mol. The van der Waals surface area contributed by atoms with Gasteiger partial charge in [0.1, 0.15) is 17.9 Å². The number of hydrogen-bond acceptors (Lipinski definition) is 9. The number of fused-ring (bicyclic) bond motifs is 2. The number of para-hydroxylation sites is 1. The van der Waals surface area contributed by atoms with Crippen molar-refractivity contribution in [1.29, 1.82) is 0 Å². The van der Waals surface area contributed by atoms with Gasteiger partial charge in [-0.25, -0.2) is 4.68 Å². The largest absolute Gasteiger partial charge is 0.491 e. The van der Waals surface area contributed by atoms with Gasteiger partial charge in [0, 0.05) is 72.9 Å². The van der Waals surface area contributed by atoms with Gasteiger partial charge in [-0.1, -0.05) is 12.1 Å². The van der Waals surface area contributed by atoms with Crippen molar-refractivity contribution >= 4 is 39.4 Å². The predicted molar refractivity (Wildman–Crippen MR) is 172 cm³/mol. The number of carbonyl (C=O) groups is 2. The van der Waals surface area contributed by atoms with Crippen LogP contribution in [0.15, 0.2) is 101 Å². The van der Waals surface area contributed by atoms with Crippen molar-refractivity contribution in [3.8, 4) is 17.0 Å². The first-order chi connectivity index (χ1) is 22.4. The van der Waals surface area contributed by atoms with E-state index < -0.39 is 5.91 Å². The number of rotatable bonds is 8. The summed E-state index contributed by atoms with van der Waals surface area (Å²) in [6, 6.07) is 21.4. The molecule has 46 heavy (non-hydrogen) atoms. The van der Waals surface area contributed by atoms with E-state index in [-0.39, 0.29) is 35.9 Å². The van der Waals surface area contributed by atoms with Crippen molar-refractivity contribution in [3.63, 3.8) is 0 Å². The fourth-order valence-electron chi connectivity index (χ4n) is 5.65. The first-order valence-electron chi connectivity index (χ1n) is 14.8. The lowest BCUT2D eigenvalue weighted by Gasteiger charge is -2.35. The lowest BCUT2D eigenvalue weighted by molar-refractivity contribution is 0.0716. The lowest BCUT2D eigenvalue weighted by Crippen LogP contribution is -2.48. The second kappa shape index (κ2) is 12.2. The van der Waals surface area contributed by atoms with Gasteiger partial charge in [0.2, 0.25) is 0 Å². The number of piperazine rings is 1. The quantitative estimate of drug-likeness (QED) is 0.270. The van der Waals surface area contributed by atoms with Gasteiger partial charge >= 0.3 is 0 Å². The molecule has 2 N–H and O–H groups in total. The molecule has 0 saturated carbocycles. The topological polar surface area (TPSA) is 150 Å². The Balaban J connectivity index is 0.997. The first-order valence-corrected chi connectivity index (χ1v) is 14.8. The Morgan fingerprint density at radius 1 is 0.913 bits per heavy atom. The van der Waals surface area contributed by atoms with Gasteiger partial charge in [-0.15, -0.1) is 0 Å². The highest BCUT2D eigenvalue weighted by Gasteiger charge is 2.26. The van der Waals surface area contributed by atoms with Crippen molar-refractivity contribution in [2.75, 3.05) is 37.7 Å². The normalized spacial score (nSPS) is 13.3. The van der Waals surface area contributed by atoms with Crippen LogP contribution >= 0.6 is 0 Å². The maximum atomic E-state index is 13.2. The summed E-state index contributed by atoms with van der Waals surface area (Å²) in [6.07, 6.45) is 5.07. The maximum absolute atomic E-state index is 13.2. The monoisotopic (exact) mass is 615 g/mol. The average Bonchev–Trinajstić information content (AvgIpc) is 3.54. The van der Waals surface area contributed by atoms with Crippen LogP contribution in [-0.2, 0) is 6.54 Å². The number of pyridine rings is 2. The summed E-state index contributed by atoms with van der Waals surface area (Å²) >= 11 is 0. The second-order valence-corrected chi connectivity index (χ2v) is 10.9. The molecule has 2 aromatic carbocycles. The molecule has 0 atom stereocenters. The Bertz CT molecular complexity index is 2140. The SMILES string of the molecule is NC(=O)c1cccc2cc(C(=O)N3CCN(c4ccc5c(OCCn6nc(-c7ccncc7)ccc6=O)ccnc5c4)CC3)oc12. The Morgan fingerprint density at radius 3 is 2.54 bits per heavy atom. The molecule has 4 aromatic heterocycles. The molecule has 2 amide bonds. The maximum Gasteiger partial charge on any atom is 0.289 e. The zero-order valence-electron chi connectivity index (χ0n) is 24.7. The van der Waals surface area contributed by atoms with Crippen LogP contribution in [0.2, 0.25) is 0 Å². The van der Waals surface area contributed by atoms with E-state index in [1.165, 1.54) is 10.7 Å². The lowest BCUT2D eigenvalue weighted by atomic mass is 10.1. The van der Waals surface area contributed by atoms with E-state index in [0.29, 0.717) is 48.6 Å². The van der Waals surface area contributed by atoms with Gasteiger partial charge in [0.05, 0.1) is 23.3 Å². The molecule has 0 bridgehead atoms. The minimum atomic E-state index is -0.603. The molecule has 1 fully saturated rings. The van der Waals surface area contributed by atoms with E-state index in [1.54, 1.807) is 59.9 Å². The number of primary amides is 1. The van der Waals surface area contributed by atoms with Gasteiger partial charge in [-0.3, -0.25) is 24.4 Å². The third-order valence-electron chi connectivity index (χ3n) is 8.04. The third-order valence-corrected chi connectivity index (χ3v) is 8.04. The zero-order chi connectivity index (χ0) is 31.6. The van der Waals surface area contributed by atoms with Crippen LogP contribution < -0.4 is 20.9 Å². The van der Waals surface area contributed by atoms with E-state index in [9.17, 15) is 14.4 Å². The molecule has 12 nitrogen and oxygen atoms in total. The molecule has 0 radical (unpaired) electrons. The number of ether oxygens (including phenoxy) is 1. The van der Waals surface area contributed by atoms with Gasteiger partial charge < -0.3 is 24.7 Å². The number of carbonyl (C=O) groups excluding carboxylic acids is 2. The zero-order valence-corrected chi connectivity index (χ0v) is 24.7. The fourth-order valence-corrected chi connectivity index (χ4v) is 5.65. The van der Waals surface area contributed by atoms with Crippen LogP contribution in [0.3, 0.4) is 0 Å². The summed E-state index contributed by atoms with van der Waals surface area (Å²) in [7, 11) is 0. The first kappa shape index (κ1) is 28.7. The van der Waals surface area contributed by atoms with Gasteiger partial charge in [-0.2, -0.15) is 5.10 Å².